The summed E-state index contributed by atoms with van der Waals surface area (Å²) in [5.41, 5.74) is 1.60. The van der Waals surface area contributed by atoms with Crippen molar-refractivity contribution < 1.29 is 14.2 Å². The third-order valence-corrected chi connectivity index (χ3v) is 3.53. The van der Waals surface area contributed by atoms with Crippen molar-refractivity contribution in [3.63, 3.8) is 0 Å². The minimum absolute atomic E-state index is 0.0144. The molecule has 1 heterocycles. The molecule has 1 saturated heterocycles. The zero-order chi connectivity index (χ0) is 11.5. The van der Waals surface area contributed by atoms with Crippen LogP contribution in [-0.2, 0) is 11.2 Å². The second-order valence-corrected chi connectivity index (χ2v) is 4.76. The van der Waals surface area contributed by atoms with Crippen molar-refractivity contribution in [2.75, 3.05) is 13.3 Å². The molecule has 2 rings (SSSR count). The predicted octanol–water partition coefficient (Wildman–Crippen LogP) is 3.52. The van der Waals surface area contributed by atoms with Crippen LogP contribution in [-0.4, -0.2) is 18.4 Å². The molecule has 1 aromatic rings. The van der Waals surface area contributed by atoms with Gasteiger partial charge < -0.3 is 9.84 Å². The Balaban J connectivity index is 2.38. The zero-order valence-corrected chi connectivity index (χ0v) is 10.5. The minimum Gasteiger partial charge on any atom is -0.506 e. The van der Waals surface area contributed by atoms with E-state index in [1.807, 2.05) is 6.07 Å². The maximum Gasteiger partial charge on any atom is 0.133 e. The van der Waals surface area contributed by atoms with Gasteiger partial charge in [0.15, 0.2) is 0 Å². The Morgan fingerprint density at radius 1 is 1.50 bits per heavy atom. The van der Waals surface area contributed by atoms with Crippen LogP contribution >= 0.6 is 15.9 Å². The largest absolute Gasteiger partial charge is 0.506 e. The van der Waals surface area contributed by atoms with Gasteiger partial charge in [-0.15, -0.1) is 0 Å². The molecule has 0 radical (unpaired) electrons. The maximum atomic E-state index is 12.5. The highest BCUT2D eigenvalue weighted by atomic mass is 79.9. The first kappa shape index (κ1) is 11.9. The molecule has 1 aliphatic heterocycles. The summed E-state index contributed by atoms with van der Waals surface area (Å²) in [6.07, 6.45) is 2.22. The van der Waals surface area contributed by atoms with Gasteiger partial charge in [0.05, 0.1) is 17.3 Å². The number of hydrogen-bond donors (Lipinski definition) is 1. The van der Waals surface area contributed by atoms with E-state index in [1.54, 1.807) is 6.07 Å². The van der Waals surface area contributed by atoms with Crippen molar-refractivity contribution in [3.05, 3.63) is 27.7 Å². The highest BCUT2D eigenvalue weighted by Crippen LogP contribution is 2.38. The molecule has 16 heavy (non-hydrogen) atoms. The lowest BCUT2D eigenvalue weighted by molar-refractivity contribution is 0.111. The molecule has 0 aliphatic carbocycles. The summed E-state index contributed by atoms with van der Waals surface area (Å²) in [6.45, 7) is 0.278. The quantitative estimate of drug-likeness (QED) is 0.922. The average molecular weight is 289 g/mol. The van der Waals surface area contributed by atoms with Gasteiger partial charge in [0.25, 0.3) is 0 Å². The van der Waals surface area contributed by atoms with Crippen LogP contribution in [0.15, 0.2) is 16.6 Å². The second-order valence-electron chi connectivity index (χ2n) is 3.90. The SMILES string of the molecule is Oc1c(Br)ccc(C2CCCO2)c1CCF. The lowest BCUT2D eigenvalue weighted by atomic mass is 9.97. The van der Waals surface area contributed by atoms with Gasteiger partial charge in [-0.2, -0.15) is 0 Å². The van der Waals surface area contributed by atoms with Crippen LogP contribution in [0.5, 0.6) is 5.75 Å². The number of phenols is 1. The molecule has 0 aromatic heterocycles. The number of rotatable bonds is 3. The summed E-state index contributed by atoms with van der Waals surface area (Å²) in [6, 6.07) is 3.69. The topological polar surface area (TPSA) is 29.5 Å². The van der Waals surface area contributed by atoms with E-state index < -0.39 is 6.67 Å². The molecule has 1 N–H and O–H groups in total. The summed E-state index contributed by atoms with van der Waals surface area (Å²) in [4.78, 5) is 0. The monoisotopic (exact) mass is 288 g/mol. The Kier molecular flexibility index (Phi) is 3.82. The summed E-state index contributed by atoms with van der Waals surface area (Å²) in [7, 11) is 0. The van der Waals surface area contributed by atoms with E-state index in [-0.39, 0.29) is 18.3 Å². The summed E-state index contributed by atoms with van der Waals surface area (Å²) in [5, 5.41) is 9.90. The molecular weight excluding hydrogens is 275 g/mol. The van der Waals surface area contributed by atoms with E-state index in [0.717, 1.165) is 25.0 Å². The zero-order valence-electron chi connectivity index (χ0n) is 8.88. The van der Waals surface area contributed by atoms with Crippen LogP contribution < -0.4 is 0 Å². The fourth-order valence-corrected chi connectivity index (χ4v) is 2.48. The van der Waals surface area contributed by atoms with Gasteiger partial charge in [0.1, 0.15) is 5.75 Å². The lowest BCUT2D eigenvalue weighted by Gasteiger charge is -2.16. The molecule has 1 unspecified atom stereocenters. The van der Waals surface area contributed by atoms with Crippen LogP contribution in [0.25, 0.3) is 0 Å². The van der Waals surface area contributed by atoms with Crippen molar-refractivity contribution in [2.24, 2.45) is 0 Å². The Morgan fingerprint density at radius 2 is 2.31 bits per heavy atom. The van der Waals surface area contributed by atoms with Crippen molar-refractivity contribution >= 4 is 15.9 Å². The fourth-order valence-electron chi connectivity index (χ4n) is 2.11. The van der Waals surface area contributed by atoms with E-state index in [0.29, 0.717) is 10.0 Å². The van der Waals surface area contributed by atoms with Gasteiger partial charge in [-0.3, -0.25) is 4.39 Å². The van der Waals surface area contributed by atoms with Crippen LogP contribution in [0.3, 0.4) is 0 Å². The van der Waals surface area contributed by atoms with Crippen LogP contribution in [0.1, 0.15) is 30.1 Å². The third kappa shape index (κ3) is 2.23. The number of halogens is 2. The molecule has 1 aliphatic rings. The van der Waals surface area contributed by atoms with Crippen molar-refractivity contribution in [3.8, 4) is 5.75 Å². The van der Waals surface area contributed by atoms with E-state index in [2.05, 4.69) is 15.9 Å². The molecule has 1 atom stereocenters. The molecule has 0 amide bonds. The van der Waals surface area contributed by atoms with Crippen LogP contribution in [0.4, 0.5) is 4.39 Å². The number of alkyl halides is 1. The first-order valence-electron chi connectivity index (χ1n) is 5.42. The fraction of sp³-hybridized carbons (Fsp3) is 0.500. The summed E-state index contributed by atoms with van der Waals surface area (Å²) in [5.74, 6) is 0.144. The van der Waals surface area contributed by atoms with Crippen LogP contribution in [0.2, 0.25) is 0 Å². The first-order valence-corrected chi connectivity index (χ1v) is 6.21. The number of phenolic OH excluding ortho intramolecular Hbond substituents is 1. The predicted molar refractivity (Wildman–Crippen MR) is 63.4 cm³/mol. The van der Waals surface area contributed by atoms with Gasteiger partial charge in [-0.25, -0.2) is 0 Å². The molecule has 1 fully saturated rings. The van der Waals surface area contributed by atoms with Gasteiger partial charge >= 0.3 is 0 Å². The molecule has 0 spiro atoms. The smallest absolute Gasteiger partial charge is 0.133 e. The van der Waals surface area contributed by atoms with E-state index >= 15 is 0 Å². The van der Waals surface area contributed by atoms with Gasteiger partial charge in [-0.1, -0.05) is 6.07 Å². The van der Waals surface area contributed by atoms with E-state index in [9.17, 15) is 9.50 Å². The Hall–Kier alpha value is -0.610. The molecule has 0 bridgehead atoms. The number of hydrogen-bond acceptors (Lipinski definition) is 2. The molecule has 0 saturated carbocycles. The second kappa shape index (κ2) is 5.15. The normalized spacial score (nSPS) is 20.2. The highest BCUT2D eigenvalue weighted by Gasteiger charge is 2.22. The number of ether oxygens (including phenoxy) is 1. The van der Waals surface area contributed by atoms with Crippen molar-refractivity contribution in [1.29, 1.82) is 0 Å². The average Bonchev–Trinajstić information content (AvgIpc) is 2.79. The lowest BCUT2D eigenvalue weighted by Crippen LogP contribution is -2.03. The molecular formula is C12H14BrFO2. The Morgan fingerprint density at radius 3 is 2.94 bits per heavy atom. The summed E-state index contributed by atoms with van der Waals surface area (Å²) < 4.78 is 18.7. The van der Waals surface area contributed by atoms with Gasteiger partial charge in [0.2, 0.25) is 0 Å². The Bertz CT molecular complexity index is 376. The van der Waals surface area contributed by atoms with Gasteiger partial charge in [-0.05, 0) is 40.4 Å². The van der Waals surface area contributed by atoms with Crippen LogP contribution in [0, 0.1) is 0 Å². The molecule has 1 aromatic carbocycles. The van der Waals surface area contributed by atoms with Gasteiger partial charge in [0, 0.05) is 18.6 Å². The number of aromatic hydroxyl groups is 1. The van der Waals surface area contributed by atoms with E-state index in [4.69, 9.17) is 4.74 Å². The first-order chi connectivity index (χ1) is 7.74. The standard InChI is InChI=1S/C12H14BrFO2/c13-10-4-3-8(11-2-1-7-16-11)9(5-6-14)12(10)15/h3-4,11,15H,1-2,5-7H2. The Labute approximate surface area is 103 Å². The maximum absolute atomic E-state index is 12.5. The van der Waals surface area contributed by atoms with Crippen molar-refractivity contribution in [2.45, 2.75) is 25.4 Å². The number of benzene rings is 1. The summed E-state index contributed by atoms with van der Waals surface area (Å²) >= 11 is 3.25. The third-order valence-electron chi connectivity index (χ3n) is 2.89. The molecule has 2 nitrogen and oxygen atoms in total. The molecule has 4 heteroatoms. The van der Waals surface area contributed by atoms with Crippen molar-refractivity contribution in [1.82, 2.24) is 0 Å². The minimum atomic E-state index is -0.469. The van der Waals surface area contributed by atoms with E-state index in [1.165, 1.54) is 0 Å². The highest BCUT2D eigenvalue weighted by molar-refractivity contribution is 9.10. The molecule has 88 valence electrons.